The Morgan fingerprint density at radius 3 is 2.86 bits per heavy atom. The number of hydrogen-bond acceptors (Lipinski definition) is 1. The van der Waals surface area contributed by atoms with Gasteiger partial charge in [-0.1, -0.05) is 17.7 Å². The van der Waals surface area contributed by atoms with E-state index in [9.17, 15) is 0 Å². The molecule has 0 amide bonds. The van der Waals surface area contributed by atoms with Crippen LogP contribution in [0.4, 0.5) is 0 Å². The Bertz CT molecular complexity index is 224. The fraction of sp³-hybridized carbons (Fsp3) is 0.833. The SMILES string of the molecule is C/C=C(\C)[SiH2]OCC1CC2CCC1C2. The van der Waals surface area contributed by atoms with E-state index < -0.39 is 0 Å². The summed E-state index contributed by atoms with van der Waals surface area (Å²) < 4.78 is 5.89. The zero-order valence-corrected chi connectivity index (χ0v) is 10.9. The molecule has 0 aromatic heterocycles. The van der Waals surface area contributed by atoms with E-state index in [0.717, 1.165) is 24.4 Å². The van der Waals surface area contributed by atoms with E-state index in [0.29, 0.717) is 0 Å². The number of fused-ring (bicyclic) bond motifs is 2. The van der Waals surface area contributed by atoms with Gasteiger partial charge >= 0.3 is 0 Å². The second kappa shape index (κ2) is 4.62. The molecule has 0 heterocycles. The normalized spacial score (nSPS) is 37.6. The molecule has 80 valence electrons. The lowest BCUT2D eigenvalue weighted by Gasteiger charge is -2.21. The van der Waals surface area contributed by atoms with Gasteiger partial charge in [-0.25, -0.2) is 0 Å². The summed E-state index contributed by atoms with van der Waals surface area (Å²) in [5.74, 6) is 3.02. The minimum absolute atomic E-state index is 0.352. The van der Waals surface area contributed by atoms with Gasteiger partial charge in [0, 0.05) is 6.61 Å². The predicted octanol–water partition coefficient (Wildman–Crippen LogP) is 2.45. The highest BCUT2D eigenvalue weighted by molar-refractivity contribution is 6.37. The van der Waals surface area contributed by atoms with E-state index in [1.165, 1.54) is 30.9 Å². The van der Waals surface area contributed by atoms with E-state index in [2.05, 4.69) is 19.9 Å². The summed E-state index contributed by atoms with van der Waals surface area (Å²) >= 11 is 0. The lowest BCUT2D eigenvalue weighted by Crippen LogP contribution is -2.18. The second-order valence-corrected chi connectivity index (χ2v) is 6.90. The van der Waals surface area contributed by atoms with Crippen molar-refractivity contribution < 1.29 is 4.43 Å². The quantitative estimate of drug-likeness (QED) is 0.648. The fourth-order valence-electron chi connectivity index (χ4n) is 3.04. The molecule has 2 aliphatic carbocycles. The molecule has 0 aliphatic heterocycles. The van der Waals surface area contributed by atoms with Crippen molar-refractivity contribution in [1.29, 1.82) is 0 Å². The van der Waals surface area contributed by atoms with Crippen LogP contribution >= 0.6 is 0 Å². The van der Waals surface area contributed by atoms with Crippen LogP contribution in [0.5, 0.6) is 0 Å². The number of allylic oxidation sites excluding steroid dienone is 2. The van der Waals surface area contributed by atoms with Crippen LogP contribution in [-0.4, -0.2) is 16.4 Å². The number of rotatable bonds is 4. The zero-order chi connectivity index (χ0) is 9.97. The molecule has 2 bridgehead atoms. The Hall–Kier alpha value is -0.0831. The lowest BCUT2D eigenvalue weighted by molar-refractivity contribution is 0.203. The maximum atomic E-state index is 5.89. The Morgan fingerprint density at radius 1 is 1.43 bits per heavy atom. The maximum absolute atomic E-state index is 5.89. The van der Waals surface area contributed by atoms with Crippen molar-refractivity contribution in [3.05, 3.63) is 11.3 Å². The van der Waals surface area contributed by atoms with E-state index >= 15 is 0 Å². The molecule has 0 aromatic carbocycles. The molecule has 0 aromatic rings. The van der Waals surface area contributed by atoms with E-state index in [4.69, 9.17) is 4.43 Å². The third-order valence-electron chi connectivity index (χ3n) is 4.04. The average Bonchev–Trinajstić information content (AvgIpc) is 2.79. The summed E-state index contributed by atoms with van der Waals surface area (Å²) in [7, 11) is -0.352. The smallest absolute Gasteiger partial charge is 0.187 e. The van der Waals surface area contributed by atoms with Crippen LogP contribution in [0.2, 0.25) is 0 Å². The Kier molecular flexibility index (Phi) is 3.45. The van der Waals surface area contributed by atoms with Crippen molar-refractivity contribution >= 4 is 9.76 Å². The van der Waals surface area contributed by atoms with Crippen LogP contribution in [0.3, 0.4) is 0 Å². The summed E-state index contributed by atoms with van der Waals surface area (Å²) in [6.45, 7) is 5.38. The van der Waals surface area contributed by atoms with Gasteiger partial charge in [0.1, 0.15) is 0 Å². The summed E-state index contributed by atoms with van der Waals surface area (Å²) in [6.07, 6.45) is 8.18. The van der Waals surface area contributed by atoms with Crippen molar-refractivity contribution in [3.8, 4) is 0 Å². The van der Waals surface area contributed by atoms with Crippen molar-refractivity contribution in [2.75, 3.05) is 6.61 Å². The fourth-order valence-corrected chi connectivity index (χ4v) is 3.94. The minimum atomic E-state index is -0.352. The summed E-state index contributed by atoms with van der Waals surface area (Å²) in [4.78, 5) is 0. The maximum Gasteiger partial charge on any atom is 0.187 e. The minimum Gasteiger partial charge on any atom is -0.419 e. The van der Waals surface area contributed by atoms with Gasteiger partial charge in [0.2, 0.25) is 0 Å². The van der Waals surface area contributed by atoms with Gasteiger partial charge < -0.3 is 4.43 Å². The van der Waals surface area contributed by atoms with Gasteiger partial charge in [-0.2, -0.15) is 0 Å². The predicted molar refractivity (Wildman–Crippen MR) is 62.9 cm³/mol. The highest BCUT2D eigenvalue weighted by atomic mass is 28.2. The molecular weight excluding hydrogens is 188 g/mol. The second-order valence-electron chi connectivity index (χ2n) is 5.09. The first-order valence-corrected chi connectivity index (χ1v) is 7.27. The third kappa shape index (κ3) is 2.29. The first-order chi connectivity index (χ1) is 6.79. The average molecular weight is 210 g/mol. The molecule has 14 heavy (non-hydrogen) atoms. The highest BCUT2D eigenvalue weighted by Crippen LogP contribution is 2.48. The van der Waals surface area contributed by atoms with E-state index in [-0.39, 0.29) is 9.76 Å². The summed E-state index contributed by atoms with van der Waals surface area (Å²) in [6, 6.07) is 0. The Balaban J connectivity index is 1.67. The molecule has 0 spiro atoms. The van der Waals surface area contributed by atoms with Crippen LogP contribution in [0.1, 0.15) is 39.5 Å². The van der Waals surface area contributed by atoms with Gasteiger partial charge in [0.25, 0.3) is 0 Å². The van der Waals surface area contributed by atoms with Gasteiger partial charge in [-0.15, -0.1) is 0 Å². The van der Waals surface area contributed by atoms with Crippen LogP contribution in [0.25, 0.3) is 0 Å². The molecule has 0 saturated heterocycles. The van der Waals surface area contributed by atoms with Crippen molar-refractivity contribution in [1.82, 2.24) is 0 Å². The summed E-state index contributed by atoms with van der Waals surface area (Å²) in [5.41, 5.74) is 0. The molecule has 3 atom stereocenters. The van der Waals surface area contributed by atoms with Crippen molar-refractivity contribution in [2.24, 2.45) is 17.8 Å². The molecule has 2 fully saturated rings. The monoisotopic (exact) mass is 210 g/mol. The van der Waals surface area contributed by atoms with Gasteiger partial charge in [0.05, 0.1) is 0 Å². The first kappa shape index (κ1) is 10.4. The number of hydrogen-bond donors (Lipinski definition) is 0. The molecule has 2 heteroatoms. The molecule has 0 radical (unpaired) electrons. The van der Waals surface area contributed by atoms with E-state index in [1.54, 1.807) is 0 Å². The third-order valence-corrected chi connectivity index (χ3v) is 5.34. The van der Waals surface area contributed by atoms with Gasteiger partial charge in [-0.3, -0.25) is 0 Å². The lowest BCUT2D eigenvalue weighted by atomic mass is 9.90. The molecule has 2 saturated carbocycles. The van der Waals surface area contributed by atoms with Crippen LogP contribution in [-0.2, 0) is 4.43 Å². The van der Waals surface area contributed by atoms with Crippen molar-refractivity contribution in [3.63, 3.8) is 0 Å². The largest absolute Gasteiger partial charge is 0.419 e. The Labute approximate surface area is 89.9 Å². The summed E-state index contributed by atoms with van der Waals surface area (Å²) in [5, 5.41) is 1.49. The molecule has 0 N–H and O–H groups in total. The highest BCUT2D eigenvalue weighted by Gasteiger charge is 2.39. The molecule has 2 aliphatic rings. The van der Waals surface area contributed by atoms with Crippen LogP contribution < -0.4 is 0 Å². The van der Waals surface area contributed by atoms with Gasteiger partial charge in [0.15, 0.2) is 9.76 Å². The Morgan fingerprint density at radius 2 is 2.29 bits per heavy atom. The van der Waals surface area contributed by atoms with E-state index in [1.807, 2.05) is 0 Å². The topological polar surface area (TPSA) is 9.23 Å². The molecular formula is C12H22OSi. The van der Waals surface area contributed by atoms with Crippen LogP contribution in [0.15, 0.2) is 11.3 Å². The molecule has 2 rings (SSSR count). The van der Waals surface area contributed by atoms with Crippen molar-refractivity contribution in [2.45, 2.75) is 39.5 Å². The first-order valence-electron chi connectivity index (χ1n) is 5.99. The zero-order valence-electron chi connectivity index (χ0n) is 9.46. The molecule has 3 unspecified atom stereocenters. The standard InChI is InChI=1S/C12H22OSi/c1-3-9(2)14-13-8-12-7-10-4-5-11(12)6-10/h3,10-12H,4-8,14H2,1-2H3/b9-3+. The molecule has 1 nitrogen and oxygen atoms in total. The van der Waals surface area contributed by atoms with Gasteiger partial charge in [-0.05, 0) is 50.9 Å². The van der Waals surface area contributed by atoms with Crippen LogP contribution in [0, 0.1) is 17.8 Å².